The number of methoxy groups -OCH3 is 1. The summed E-state index contributed by atoms with van der Waals surface area (Å²) < 4.78 is 5.01. The molecule has 0 unspecified atom stereocenters. The minimum atomic E-state index is -0.932. The van der Waals surface area contributed by atoms with Crippen molar-refractivity contribution in [2.24, 2.45) is 0 Å². The van der Waals surface area contributed by atoms with E-state index in [1.807, 2.05) is 11.0 Å². The number of halogens is 1. The average Bonchev–Trinajstić information content (AvgIpc) is 2.90. The smallest absolute Gasteiger partial charge is 0.335 e. The van der Waals surface area contributed by atoms with Crippen molar-refractivity contribution in [1.82, 2.24) is 9.97 Å². The average molecular weight is 306 g/mol. The van der Waals surface area contributed by atoms with Crippen LogP contribution < -0.4 is 9.64 Å². The molecule has 0 aliphatic carbocycles. The molecule has 1 N–H and O–H groups in total. The molecule has 0 atom stereocenters. The van der Waals surface area contributed by atoms with Crippen LogP contribution >= 0.6 is 11.6 Å². The van der Waals surface area contributed by atoms with Crippen LogP contribution in [0.25, 0.3) is 0 Å². The first-order valence-corrected chi connectivity index (χ1v) is 6.63. The maximum atomic E-state index is 11.0. The zero-order chi connectivity index (χ0) is 15.0. The zero-order valence-corrected chi connectivity index (χ0v) is 12.0. The van der Waals surface area contributed by atoms with Crippen LogP contribution in [0.5, 0.6) is 6.01 Å². The van der Waals surface area contributed by atoms with E-state index in [1.54, 1.807) is 12.1 Å². The number of benzene rings is 1. The van der Waals surface area contributed by atoms with Crippen molar-refractivity contribution in [3.63, 3.8) is 0 Å². The van der Waals surface area contributed by atoms with Gasteiger partial charge in [0.2, 0.25) is 0 Å². The molecule has 6 nitrogen and oxygen atoms in total. The Kier molecular flexibility index (Phi) is 3.39. The number of carboxylic acid groups (broad SMARTS) is 1. The molecule has 21 heavy (non-hydrogen) atoms. The Morgan fingerprint density at radius 2 is 2.14 bits per heavy atom. The second-order valence-corrected chi connectivity index (χ2v) is 5.08. The number of hydrogen-bond donors (Lipinski definition) is 1. The molecular formula is C14H12ClN3O3. The van der Waals surface area contributed by atoms with Crippen LogP contribution in [0.4, 0.5) is 5.82 Å². The van der Waals surface area contributed by atoms with Crippen molar-refractivity contribution in [1.29, 1.82) is 0 Å². The molecule has 1 aromatic carbocycles. The number of aromatic nitrogens is 2. The standard InChI is InChI=1S/C14H12ClN3O3/c1-21-14-16-5-11(15)12(17-14)18-6-9-3-2-8(13(19)20)4-10(9)7-18/h2-5H,6-7H2,1H3,(H,19,20). The summed E-state index contributed by atoms with van der Waals surface area (Å²) in [5, 5.41) is 9.47. The van der Waals surface area contributed by atoms with Crippen LogP contribution in [0.2, 0.25) is 5.02 Å². The number of carboxylic acids is 1. The fourth-order valence-electron chi connectivity index (χ4n) is 2.34. The summed E-state index contributed by atoms with van der Waals surface area (Å²) in [5.74, 6) is -0.352. The van der Waals surface area contributed by atoms with E-state index >= 15 is 0 Å². The predicted octanol–water partition coefficient (Wildman–Crippen LogP) is 2.36. The Bertz CT molecular complexity index is 721. The summed E-state index contributed by atoms with van der Waals surface area (Å²) >= 11 is 6.14. The number of carbonyl (C=O) groups is 1. The lowest BCUT2D eigenvalue weighted by Gasteiger charge is -2.17. The van der Waals surface area contributed by atoms with E-state index in [1.165, 1.54) is 13.3 Å². The Morgan fingerprint density at radius 1 is 1.38 bits per heavy atom. The van der Waals surface area contributed by atoms with Gasteiger partial charge in [0.05, 0.1) is 18.9 Å². The first-order chi connectivity index (χ1) is 10.1. The number of ether oxygens (including phenoxy) is 1. The number of aromatic carboxylic acids is 1. The molecule has 1 aliphatic heterocycles. The lowest BCUT2D eigenvalue weighted by molar-refractivity contribution is 0.0697. The van der Waals surface area contributed by atoms with Gasteiger partial charge >= 0.3 is 12.0 Å². The highest BCUT2D eigenvalue weighted by Gasteiger charge is 2.23. The van der Waals surface area contributed by atoms with E-state index in [2.05, 4.69) is 9.97 Å². The van der Waals surface area contributed by atoms with Crippen LogP contribution in [0.1, 0.15) is 21.5 Å². The third-order valence-corrected chi connectivity index (χ3v) is 3.63. The van der Waals surface area contributed by atoms with Gasteiger partial charge in [-0.2, -0.15) is 4.98 Å². The van der Waals surface area contributed by atoms with Gasteiger partial charge in [-0.1, -0.05) is 17.7 Å². The molecule has 0 amide bonds. The monoisotopic (exact) mass is 305 g/mol. The molecule has 108 valence electrons. The first kappa shape index (κ1) is 13.6. The van der Waals surface area contributed by atoms with Gasteiger partial charge in [0.1, 0.15) is 5.02 Å². The van der Waals surface area contributed by atoms with Gasteiger partial charge in [0, 0.05) is 13.1 Å². The van der Waals surface area contributed by atoms with Gasteiger partial charge in [0.25, 0.3) is 0 Å². The van der Waals surface area contributed by atoms with Crippen molar-refractivity contribution in [3.8, 4) is 6.01 Å². The molecule has 0 saturated heterocycles. The summed E-state index contributed by atoms with van der Waals surface area (Å²) in [5.41, 5.74) is 2.30. The largest absolute Gasteiger partial charge is 0.478 e. The zero-order valence-electron chi connectivity index (χ0n) is 11.2. The van der Waals surface area contributed by atoms with E-state index in [4.69, 9.17) is 21.4 Å². The molecule has 0 spiro atoms. The van der Waals surface area contributed by atoms with Gasteiger partial charge < -0.3 is 14.7 Å². The second kappa shape index (κ2) is 5.21. The normalized spacial score (nSPS) is 13.1. The summed E-state index contributed by atoms with van der Waals surface area (Å²) in [7, 11) is 1.49. The van der Waals surface area contributed by atoms with Crippen LogP contribution in [0.15, 0.2) is 24.4 Å². The fraction of sp³-hybridized carbons (Fsp3) is 0.214. The first-order valence-electron chi connectivity index (χ1n) is 6.25. The van der Waals surface area contributed by atoms with E-state index < -0.39 is 5.97 Å². The molecule has 0 radical (unpaired) electrons. The molecule has 2 heterocycles. The van der Waals surface area contributed by atoms with Gasteiger partial charge in [-0.25, -0.2) is 9.78 Å². The van der Waals surface area contributed by atoms with Gasteiger partial charge in [0.15, 0.2) is 5.82 Å². The number of rotatable bonds is 3. The maximum Gasteiger partial charge on any atom is 0.335 e. The number of fused-ring (bicyclic) bond motifs is 1. The third kappa shape index (κ3) is 2.50. The van der Waals surface area contributed by atoms with Crippen LogP contribution in [0.3, 0.4) is 0 Å². The van der Waals surface area contributed by atoms with E-state index in [9.17, 15) is 4.79 Å². The quantitative estimate of drug-likeness (QED) is 0.938. The highest BCUT2D eigenvalue weighted by atomic mass is 35.5. The van der Waals surface area contributed by atoms with Gasteiger partial charge in [-0.05, 0) is 23.3 Å². The second-order valence-electron chi connectivity index (χ2n) is 4.67. The highest BCUT2D eigenvalue weighted by Crippen LogP contribution is 2.32. The van der Waals surface area contributed by atoms with E-state index in [0.29, 0.717) is 23.9 Å². The highest BCUT2D eigenvalue weighted by molar-refractivity contribution is 6.32. The lowest BCUT2D eigenvalue weighted by Crippen LogP contribution is -2.17. The van der Waals surface area contributed by atoms with Crippen LogP contribution in [-0.2, 0) is 13.1 Å². The minimum absolute atomic E-state index is 0.247. The van der Waals surface area contributed by atoms with E-state index in [-0.39, 0.29) is 11.6 Å². The molecular weight excluding hydrogens is 294 g/mol. The fourth-order valence-corrected chi connectivity index (χ4v) is 2.55. The Balaban J connectivity index is 1.92. The summed E-state index contributed by atoms with van der Waals surface area (Å²) in [6.45, 7) is 1.17. The maximum absolute atomic E-state index is 11.0. The predicted molar refractivity (Wildman–Crippen MR) is 76.9 cm³/mol. The van der Waals surface area contributed by atoms with Gasteiger partial charge in [-0.3, -0.25) is 0 Å². The molecule has 3 rings (SSSR count). The number of anilines is 1. The molecule has 7 heteroatoms. The van der Waals surface area contributed by atoms with Crippen molar-refractivity contribution < 1.29 is 14.6 Å². The third-order valence-electron chi connectivity index (χ3n) is 3.36. The van der Waals surface area contributed by atoms with Crippen molar-refractivity contribution in [3.05, 3.63) is 46.1 Å². The van der Waals surface area contributed by atoms with Crippen molar-refractivity contribution >= 4 is 23.4 Å². The van der Waals surface area contributed by atoms with Crippen LogP contribution in [-0.4, -0.2) is 28.2 Å². The summed E-state index contributed by atoms with van der Waals surface area (Å²) in [6, 6.07) is 5.36. The minimum Gasteiger partial charge on any atom is -0.478 e. The number of nitrogens with zero attached hydrogens (tertiary/aromatic N) is 3. The topological polar surface area (TPSA) is 75.5 Å². The van der Waals surface area contributed by atoms with E-state index in [0.717, 1.165) is 11.1 Å². The van der Waals surface area contributed by atoms with Crippen LogP contribution in [0, 0.1) is 0 Å². The molecule has 0 bridgehead atoms. The molecule has 0 saturated carbocycles. The SMILES string of the molecule is COc1ncc(Cl)c(N2Cc3ccc(C(=O)O)cc3C2)n1. The Hall–Kier alpha value is -2.34. The molecule has 1 aromatic heterocycles. The van der Waals surface area contributed by atoms with Crippen molar-refractivity contribution in [2.75, 3.05) is 12.0 Å². The number of hydrogen-bond acceptors (Lipinski definition) is 5. The Labute approximate surface area is 126 Å². The molecule has 0 fully saturated rings. The Morgan fingerprint density at radius 3 is 2.86 bits per heavy atom. The van der Waals surface area contributed by atoms with Crippen molar-refractivity contribution in [2.45, 2.75) is 13.1 Å². The summed E-state index contributed by atoms with van der Waals surface area (Å²) in [6.07, 6.45) is 1.49. The lowest BCUT2D eigenvalue weighted by atomic mass is 10.1. The molecule has 2 aromatic rings. The summed E-state index contributed by atoms with van der Waals surface area (Å²) in [4.78, 5) is 21.2. The van der Waals surface area contributed by atoms with Gasteiger partial charge in [-0.15, -0.1) is 0 Å². The molecule has 1 aliphatic rings.